The second-order valence-corrected chi connectivity index (χ2v) is 11.2. The van der Waals surface area contributed by atoms with Crippen LogP contribution in [0.4, 0.5) is 4.39 Å². The number of benzene rings is 1. The summed E-state index contributed by atoms with van der Waals surface area (Å²) in [6.45, 7) is 1.41. The van der Waals surface area contributed by atoms with E-state index in [4.69, 9.17) is 4.98 Å². The number of fused-ring (bicyclic) bond motifs is 1. The molecule has 206 valence electrons. The van der Waals surface area contributed by atoms with Crippen molar-refractivity contribution in [3.8, 4) is 34.4 Å². The average Bonchev–Trinajstić information content (AvgIpc) is 3.64. The number of hydrogen-bond donors (Lipinski definition) is 1. The second-order valence-electron chi connectivity index (χ2n) is 11.2. The lowest BCUT2D eigenvalue weighted by molar-refractivity contribution is 0.301. The maximum absolute atomic E-state index is 15.2. The minimum atomic E-state index is -0.445. The molecule has 0 unspecified atom stereocenters. The van der Waals surface area contributed by atoms with Crippen molar-refractivity contribution >= 4 is 5.52 Å². The molecule has 0 spiro atoms. The molecule has 4 aromatic heterocycles. The van der Waals surface area contributed by atoms with Crippen LogP contribution in [0.3, 0.4) is 0 Å². The molecule has 0 amide bonds. The SMILES string of the molecule is Cn1cnnc1-c1cc(C#N)ccc1-c1cc(C2CC2)nc(-n2cc3c(F)cc(CNCC4CCC4)cn3c2=O)c1. The first-order valence-electron chi connectivity index (χ1n) is 14.0. The summed E-state index contributed by atoms with van der Waals surface area (Å²) in [6.07, 6.45) is 10.7. The molecule has 1 N–H and O–H groups in total. The largest absolute Gasteiger partial charge is 0.338 e. The molecule has 5 aromatic rings. The Balaban J connectivity index is 1.32. The Morgan fingerprint density at radius 2 is 1.95 bits per heavy atom. The lowest BCUT2D eigenvalue weighted by Crippen LogP contribution is -2.27. The first-order chi connectivity index (χ1) is 20.0. The van der Waals surface area contributed by atoms with Gasteiger partial charge in [-0.05, 0) is 85.2 Å². The number of nitrogens with one attached hydrogen (secondary N) is 1. The molecule has 1 aromatic carbocycles. The summed E-state index contributed by atoms with van der Waals surface area (Å²) in [6, 6.07) is 13.0. The van der Waals surface area contributed by atoms with Gasteiger partial charge in [0, 0.05) is 43.2 Å². The van der Waals surface area contributed by atoms with Crippen LogP contribution in [0.15, 0.2) is 59.9 Å². The number of pyridine rings is 2. The molecule has 2 saturated carbocycles. The molecule has 0 radical (unpaired) electrons. The third-order valence-electron chi connectivity index (χ3n) is 8.25. The summed E-state index contributed by atoms with van der Waals surface area (Å²) in [7, 11) is 1.85. The third-order valence-corrected chi connectivity index (χ3v) is 8.25. The fraction of sp³-hybridized carbons (Fsp3) is 0.323. The van der Waals surface area contributed by atoms with Gasteiger partial charge in [0.2, 0.25) is 0 Å². The summed E-state index contributed by atoms with van der Waals surface area (Å²) >= 11 is 0. The minimum Gasteiger partial charge on any atom is -0.317 e. The van der Waals surface area contributed by atoms with Gasteiger partial charge in [-0.1, -0.05) is 12.5 Å². The molecule has 7 rings (SSSR count). The zero-order chi connectivity index (χ0) is 28.1. The van der Waals surface area contributed by atoms with Crippen molar-refractivity contribution in [2.75, 3.05) is 6.54 Å². The number of halogens is 1. The van der Waals surface area contributed by atoms with Crippen LogP contribution in [0.25, 0.3) is 33.8 Å². The van der Waals surface area contributed by atoms with E-state index in [1.807, 2.05) is 25.2 Å². The summed E-state index contributed by atoms with van der Waals surface area (Å²) in [5, 5.41) is 21.3. The first kappa shape index (κ1) is 25.4. The Bertz CT molecular complexity index is 1890. The van der Waals surface area contributed by atoms with Gasteiger partial charge in [-0.3, -0.25) is 8.97 Å². The minimum absolute atomic E-state index is 0.205. The van der Waals surface area contributed by atoms with Crippen LogP contribution in [0, 0.1) is 23.1 Å². The van der Waals surface area contributed by atoms with Gasteiger partial charge in [-0.2, -0.15) is 5.26 Å². The summed E-state index contributed by atoms with van der Waals surface area (Å²) in [4.78, 5) is 18.5. The van der Waals surface area contributed by atoms with Gasteiger partial charge in [0.05, 0.1) is 11.6 Å². The molecule has 10 heteroatoms. The zero-order valence-electron chi connectivity index (χ0n) is 22.7. The van der Waals surface area contributed by atoms with E-state index < -0.39 is 5.82 Å². The zero-order valence-corrected chi connectivity index (χ0v) is 22.7. The summed E-state index contributed by atoms with van der Waals surface area (Å²) in [5.41, 5.74) is 4.37. The van der Waals surface area contributed by atoms with Crippen LogP contribution in [0.5, 0.6) is 0 Å². The molecule has 4 heterocycles. The van der Waals surface area contributed by atoms with Crippen molar-refractivity contribution in [2.45, 2.75) is 44.6 Å². The lowest BCUT2D eigenvalue weighted by Gasteiger charge is -2.25. The van der Waals surface area contributed by atoms with Gasteiger partial charge < -0.3 is 9.88 Å². The standard InChI is InChI=1S/C31H29FN8O/c1-38-18-35-37-30(38)25-9-20(13-33)5-8-24(25)23-11-27(22-6-7-22)36-29(12-23)40-17-28-26(32)10-21(16-39(28)31(40)41)15-34-14-19-3-2-4-19/h5,8-12,16-19,22,34H,2-4,6-7,14-15H2,1H3. The normalized spacial score (nSPS) is 15.2. The molecule has 2 fully saturated rings. The van der Waals surface area contributed by atoms with Crippen LogP contribution < -0.4 is 11.0 Å². The maximum Gasteiger partial charge on any atom is 0.338 e. The maximum atomic E-state index is 15.2. The molecular formula is C31H29FN8O. The van der Waals surface area contributed by atoms with E-state index in [9.17, 15) is 10.1 Å². The van der Waals surface area contributed by atoms with Gasteiger partial charge in [0.15, 0.2) is 5.82 Å². The van der Waals surface area contributed by atoms with E-state index in [2.05, 4.69) is 21.6 Å². The molecule has 9 nitrogen and oxygen atoms in total. The van der Waals surface area contributed by atoms with Crippen LogP contribution in [-0.2, 0) is 13.6 Å². The van der Waals surface area contributed by atoms with Crippen molar-refractivity contribution in [3.63, 3.8) is 0 Å². The molecule has 2 aliphatic rings. The van der Waals surface area contributed by atoms with E-state index in [1.165, 1.54) is 40.5 Å². The summed E-state index contributed by atoms with van der Waals surface area (Å²) in [5.74, 6) is 1.60. The van der Waals surface area contributed by atoms with Crippen LogP contribution >= 0.6 is 0 Å². The molecular weight excluding hydrogens is 519 g/mol. The number of rotatable bonds is 8. The molecule has 0 aliphatic heterocycles. The molecule has 0 bridgehead atoms. The van der Waals surface area contributed by atoms with Crippen molar-refractivity contribution < 1.29 is 4.39 Å². The monoisotopic (exact) mass is 548 g/mol. The quantitative estimate of drug-likeness (QED) is 0.301. The van der Waals surface area contributed by atoms with Crippen LogP contribution in [0.1, 0.15) is 54.8 Å². The van der Waals surface area contributed by atoms with Crippen molar-refractivity contribution in [2.24, 2.45) is 13.0 Å². The second kappa shape index (κ2) is 10.1. The highest BCUT2D eigenvalue weighted by atomic mass is 19.1. The topological polar surface area (TPSA) is 106 Å². The van der Waals surface area contributed by atoms with E-state index in [0.29, 0.717) is 35.6 Å². The van der Waals surface area contributed by atoms with E-state index in [-0.39, 0.29) is 11.2 Å². The highest BCUT2D eigenvalue weighted by Crippen LogP contribution is 2.42. The first-order valence-corrected chi connectivity index (χ1v) is 14.0. The number of nitriles is 1. The van der Waals surface area contributed by atoms with Gasteiger partial charge in [-0.25, -0.2) is 14.2 Å². The summed E-state index contributed by atoms with van der Waals surface area (Å²) < 4.78 is 19.8. The highest BCUT2D eigenvalue weighted by Gasteiger charge is 2.27. The fourth-order valence-electron chi connectivity index (χ4n) is 5.56. The smallest absolute Gasteiger partial charge is 0.317 e. The molecule has 0 atom stereocenters. The number of nitrogens with zero attached hydrogens (tertiary/aromatic N) is 7. The molecule has 41 heavy (non-hydrogen) atoms. The van der Waals surface area contributed by atoms with Crippen molar-refractivity contribution in [3.05, 3.63) is 88.2 Å². The lowest BCUT2D eigenvalue weighted by atomic mass is 9.85. The Hall–Kier alpha value is -4.62. The van der Waals surface area contributed by atoms with Gasteiger partial charge in [-0.15, -0.1) is 10.2 Å². The van der Waals surface area contributed by atoms with Crippen LogP contribution in [-0.4, -0.2) is 35.3 Å². The van der Waals surface area contributed by atoms with E-state index in [1.54, 1.807) is 29.2 Å². The van der Waals surface area contributed by atoms with E-state index >= 15 is 4.39 Å². The van der Waals surface area contributed by atoms with E-state index in [0.717, 1.165) is 47.3 Å². The number of aryl methyl sites for hydroxylation is 1. The predicted octanol–water partition coefficient (Wildman–Crippen LogP) is 4.73. The third kappa shape index (κ3) is 4.72. The number of aromatic nitrogens is 6. The Morgan fingerprint density at radius 1 is 1.10 bits per heavy atom. The van der Waals surface area contributed by atoms with Gasteiger partial charge in [0.1, 0.15) is 23.5 Å². The Labute approximate surface area is 235 Å². The highest BCUT2D eigenvalue weighted by molar-refractivity contribution is 5.82. The Kier molecular flexibility index (Phi) is 6.24. The van der Waals surface area contributed by atoms with Gasteiger partial charge >= 0.3 is 5.69 Å². The molecule has 2 aliphatic carbocycles. The fourth-order valence-corrected chi connectivity index (χ4v) is 5.56. The average molecular weight is 549 g/mol. The Morgan fingerprint density at radius 3 is 2.66 bits per heavy atom. The predicted molar refractivity (Wildman–Crippen MR) is 152 cm³/mol. The molecule has 0 saturated heterocycles. The van der Waals surface area contributed by atoms with Crippen molar-refractivity contribution in [1.29, 1.82) is 5.26 Å². The number of imidazole rings is 1. The number of hydrogen-bond acceptors (Lipinski definition) is 6. The van der Waals surface area contributed by atoms with Crippen LogP contribution in [0.2, 0.25) is 0 Å². The van der Waals surface area contributed by atoms with Crippen molar-refractivity contribution in [1.82, 2.24) is 34.0 Å². The van der Waals surface area contributed by atoms with Gasteiger partial charge in [0.25, 0.3) is 0 Å².